The third-order valence-corrected chi connectivity index (χ3v) is 4.00. The van der Waals surface area contributed by atoms with E-state index in [-0.39, 0.29) is 0 Å². The number of hydrogen-bond acceptors (Lipinski definition) is 3. The molecule has 0 saturated heterocycles. The zero-order chi connectivity index (χ0) is 18.4. The molecule has 2 aromatic carbocycles. The molecular weight excluding hydrogens is 361 g/mol. The molecule has 0 aliphatic heterocycles. The number of amides is 1. The van der Waals surface area contributed by atoms with Gasteiger partial charge in [0.05, 0.1) is 10.7 Å². The summed E-state index contributed by atoms with van der Waals surface area (Å²) in [6.45, 7) is 3.42. The highest BCUT2D eigenvalue weighted by molar-refractivity contribution is 6.35. The summed E-state index contributed by atoms with van der Waals surface area (Å²) in [5.74, 6) is -1.11. The smallest absolute Gasteiger partial charge is 0.331 e. The van der Waals surface area contributed by atoms with Crippen molar-refractivity contribution < 1.29 is 14.3 Å². The topological polar surface area (TPSA) is 55.4 Å². The van der Waals surface area contributed by atoms with E-state index in [1.54, 1.807) is 18.2 Å². The molecule has 2 rings (SSSR count). The van der Waals surface area contributed by atoms with Crippen molar-refractivity contribution in [3.05, 3.63) is 69.7 Å². The monoisotopic (exact) mass is 377 g/mol. The fraction of sp³-hybridized carbons (Fsp3) is 0.158. The van der Waals surface area contributed by atoms with Gasteiger partial charge in [0.15, 0.2) is 6.10 Å². The van der Waals surface area contributed by atoms with Crippen molar-refractivity contribution in [2.75, 3.05) is 5.32 Å². The summed E-state index contributed by atoms with van der Waals surface area (Å²) >= 11 is 11.9. The predicted molar refractivity (Wildman–Crippen MR) is 101 cm³/mol. The largest absolute Gasteiger partial charge is 0.449 e. The van der Waals surface area contributed by atoms with Gasteiger partial charge in [-0.1, -0.05) is 47.5 Å². The second-order valence-electron chi connectivity index (χ2n) is 5.38. The molecule has 4 nitrogen and oxygen atoms in total. The Kier molecular flexibility index (Phi) is 6.62. The summed E-state index contributed by atoms with van der Waals surface area (Å²) < 4.78 is 5.10. The van der Waals surface area contributed by atoms with Gasteiger partial charge >= 0.3 is 5.97 Å². The number of rotatable bonds is 5. The minimum atomic E-state index is -0.982. The van der Waals surface area contributed by atoms with Gasteiger partial charge in [0.1, 0.15) is 0 Å². The van der Waals surface area contributed by atoms with E-state index in [0.717, 1.165) is 11.1 Å². The Balaban J connectivity index is 1.95. The predicted octanol–water partition coefficient (Wildman–Crippen LogP) is 4.89. The highest BCUT2D eigenvalue weighted by Crippen LogP contribution is 2.25. The third kappa shape index (κ3) is 5.62. The van der Waals surface area contributed by atoms with E-state index in [1.165, 1.54) is 19.1 Å². The van der Waals surface area contributed by atoms with Gasteiger partial charge in [-0.05, 0) is 49.2 Å². The molecular formula is C19H17Cl2NO3. The lowest BCUT2D eigenvalue weighted by Crippen LogP contribution is -2.29. The molecule has 0 heterocycles. The van der Waals surface area contributed by atoms with Crippen molar-refractivity contribution in [2.24, 2.45) is 0 Å². The number of hydrogen-bond donors (Lipinski definition) is 1. The minimum Gasteiger partial charge on any atom is -0.449 e. The van der Waals surface area contributed by atoms with Crippen LogP contribution in [0.4, 0.5) is 5.69 Å². The van der Waals surface area contributed by atoms with Crippen LogP contribution in [0.25, 0.3) is 6.08 Å². The molecule has 130 valence electrons. The number of esters is 1. The van der Waals surface area contributed by atoms with Gasteiger partial charge < -0.3 is 10.1 Å². The normalized spacial score (nSPS) is 12.0. The maximum atomic E-state index is 12.1. The van der Waals surface area contributed by atoms with Crippen molar-refractivity contribution in [3.8, 4) is 0 Å². The Morgan fingerprint density at radius 2 is 1.88 bits per heavy atom. The van der Waals surface area contributed by atoms with Crippen LogP contribution in [0.15, 0.2) is 48.5 Å². The molecule has 0 aliphatic carbocycles. The van der Waals surface area contributed by atoms with E-state index in [2.05, 4.69) is 5.32 Å². The molecule has 1 atom stereocenters. The van der Waals surface area contributed by atoms with Crippen molar-refractivity contribution in [3.63, 3.8) is 0 Å². The molecule has 0 radical (unpaired) electrons. The second-order valence-corrected chi connectivity index (χ2v) is 6.23. The van der Waals surface area contributed by atoms with E-state index in [4.69, 9.17) is 27.9 Å². The van der Waals surface area contributed by atoms with E-state index in [9.17, 15) is 9.59 Å². The number of carbonyl (C=O) groups is 2. The number of carbonyl (C=O) groups excluding carboxylic acids is 2. The molecule has 0 bridgehead atoms. The molecule has 0 aliphatic rings. The number of aryl methyl sites for hydroxylation is 1. The first-order valence-electron chi connectivity index (χ1n) is 7.57. The maximum Gasteiger partial charge on any atom is 0.331 e. The van der Waals surface area contributed by atoms with Crippen molar-refractivity contribution in [2.45, 2.75) is 20.0 Å². The van der Waals surface area contributed by atoms with Crippen LogP contribution in [-0.4, -0.2) is 18.0 Å². The molecule has 0 unspecified atom stereocenters. The lowest BCUT2D eigenvalue weighted by Gasteiger charge is -2.13. The fourth-order valence-corrected chi connectivity index (χ4v) is 2.36. The Morgan fingerprint density at radius 3 is 2.60 bits per heavy atom. The van der Waals surface area contributed by atoms with Crippen molar-refractivity contribution >= 4 is 46.8 Å². The molecule has 2 aromatic rings. The molecule has 0 aromatic heterocycles. The summed E-state index contributed by atoms with van der Waals surface area (Å²) in [5.41, 5.74) is 2.30. The first-order valence-corrected chi connectivity index (χ1v) is 8.32. The van der Waals surface area contributed by atoms with Crippen LogP contribution in [0.2, 0.25) is 10.0 Å². The van der Waals surface area contributed by atoms with E-state index in [1.807, 2.05) is 31.2 Å². The molecule has 1 amide bonds. The van der Waals surface area contributed by atoms with E-state index in [0.29, 0.717) is 15.7 Å². The van der Waals surface area contributed by atoms with Crippen LogP contribution in [0.3, 0.4) is 0 Å². The quantitative estimate of drug-likeness (QED) is 0.596. The minimum absolute atomic E-state index is 0.343. The maximum absolute atomic E-state index is 12.1. The SMILES string of the molecule is Cc1ccccc1/C=C/C(=O)O[C@H](C)C(=O)Nc1cc(Cl)ccc1Cl. The number of benzene rings is 2. The average molecular weight is 378 g/mol. The second kappa shape index (κ2) is 8.70. The zero-order valence-corrected chi connectivity index (χ0v) is 15.3. The number of anilines is 1. The summed E-state index contributed by atoms with van der Waals surface area (Å²) in [4.78, 5) is 24.0. The van der Waals surface area contributed by atoms with Crippen molar-refractivity contribution in [1.82, 2.24) is 0 Å². The van der Waals surface area contributed by atoms with Crippen LogP contribution in [0.1, 0.15) is 18.1 Å². The van der Waals surface area contributed by atoms with Crippen LogP contribution in [-0.2, 0) is 14.3 Å². The number of halogens is 2. The number of nitrogens with one attached hydrogen (secondary N) is 1. The first kappa shape index (κ1) is 19.0. The Bertz CT molecular complexity index is 818. The Hall–Kier alpha value is -2.30. The number of ether oxygens (including phenoxy) is 1. The van der Waals surface area contributed by atoms with E-state index >= 15 is 0 Å². The average Bonchev–Trinajstić information content (AvgIpc) is 2.57. The molecule has 0 fully saturated rings. The summed E-state index contributed by atoms with van der Waals surface area (Å²) in [7, 11) is 0. The summed E-state index contributed by atoms with van der Waals surface area (Å²) in [6.07, 6.45) is 1.96. The summed E-state index contributed by atoms with van der Waals surface area (Å²) in [6, 6.07) is 12.3. The standard InChI is InChI=1S/C19H17Cl2NO3/c1-12-5-3-4-6-14(12)7-10-18(23)25-13(2)19(24)22-17-11-15(20)8-9-16(17)21/h3-11,13H,1-2H3,(H,22,24)/b10-7+/t13-/m1/s1. The first-order chi connectivity index (χ1) is 11.9. The highest BCUT2D eigenvalue weighted by atomic mass is 35.5. The Morgan fingerprint density at radius 1 is 1.16 bits per heavy atom. The summed E-state index contributed by atoms with van der Waals surface area (Å²) in [5, 5.41) is 3.36. The van der Waals surface area contributed by atoms with Gasteiger partial charge in [-0.2, -0.15) is 0 Å². The van der Waals surface area contributed by atoms with Gasteiger partial charge in [0.25, 0.3) is 5.91 Å². The fourth-order valence-electron chi connectivity index (χ4n) is 2.03. The van der Waals surface area contributed by atoms with Crippen LogP contribution in [0, 0.1) is 6.92 Å². The lowest BCUT2D eigenvalue weighted by molar-refractivity contribution is -0.148. The molecule has 6 heteroatoms. The van der Waals surface area contributed by atoms with Crippen LogP contribution >= 0.6 is 23.2 Å². The van der Waals surface area contributed by atoms with Gasteiger partial charge in [0.2, 0.25) is 0 Å². The molecule has 1 N–H and O–H groups in total. The van der Waals surface area contributed by atoms with Gasteiger partial charge in [0, 0.05) is 11.1 Å². The lowest BCUT2D eigenvalue weighted by atomic mass is 10.1. The third-order valence-electron chi connectivity index (χ3n) is 3.44. The molecule has 0 spiro atoms. The molecule has 25 heavy (non-hydrogen) atoms. The van der Waals surface area contributed by atoms with Gasteiger partial charge in [-0.25, -0.2) is 4.79 Å². The van der Waals surface area contributed by atoms with Crippen LogP contribution in [0.5, 0.6) is 0 Å². The highest BCUT2D eigenvalue weighted by Gasteiger charge is 2.17. The van der Waals surface area contributed by atoms with Gasteiger partial charge in [-0.3, -0.25) is 4.79 Å². The molecule has 0 saturated carbocycles. The van der Waals surface area contributed by atoms with Gasteiger partial charge in [-0.15, -0.1) is 0 Å². The van der Waals surface area contributed by atoms with Crippen molar-refractivity contribution in [1.29, 1.82) is 0 Å². The van der Waals surface area contributed by atoms with Crippen LogP contribution < -0.4 is 5.32 Å². The van der Waals surface area contributed by atoms with E-state index < -0.39 is 18.0 Å². The zero-order valence-electron chi connectivity index (χ0n) is 13.8. The Labute approximate surface area is 156 Å².